The van der Waals surface area contributed by atoms with Crippen LogP contribution in [0.3, 0.4) is 0 Å². The van der Waals surface area contributed by atoms with Crippen LogP contribution in [0.2, 0.25) is 0 Å². The highest BCUT2D eigenvalue weighted by atomic mass is 19.4. The highest BCUT2D eigenvalue weighted by molar-refractivity contribution is 6.00. The molecule has 0 unspecified atom stereocenters. The van der Waals surface area contributed by atoms with Crippen LogP contribution in [-0.2, 0) is 20.6 Å². The third kappa shape index (κ3) is 4.90. The lowest BCUT2D eigenvalue weighted by atomic mass is 10.1. The molecule has 1 fully saturated rings. The number of carbonyl (C=O) groups is 3. The van der Waals surface area contributed by atoms with Gasteiger partial charge in [0.15, 0.2) is 0 Å². The first-order valence-corrected chi connectivity index (χ1v) is 9.77. The van der Waals surface area contributed by atoms with Crippen LogP contribution in [0.25, 0.3) is 11.0 Å². The number of hydrogen-bond donors (Lipinski definition) is 3. The van der Waals surface area contributed by atoms with Gasteiger partial charge in [0, 0.05) is 29.8 Å². The summed E-state index contributed by atoms with van der Waals surface area (Å²) in [6.07, 6.45) is -3.82. The number of anilines is 1. The minimum Gasteiger partial charge on any atom is -0.423 e. The van der Waals surface area contributed by atoms with Crippen molar-refractivity contribution in [2.24, 2.45) is 5.73 Å². The fourth-order valence-corrected chi connectivity index (χ4v) is 3.61. The molecule has 4 N–H and O–H groups in total. The van der Waals surface area contributed by atoms with Gasteiger partial charge in [0.05, 0.1) is 12.1 Å². The van der Waals surface area contributed by atoms with Crippen LogP contribution in [0.4, 0.5) is 18.9 Å². The predicted molar refractivity (Wildman–Crippen MR) is 108 cm³/mol. The van der Waals surface area contributed by atoms with Crippen LogP contribution < -0.4 is 22.0 Å². The van der Waals surface area contributed by atoms with Crippen molar-refractivity contribution in [1.82, 2.24) is 10.2 Å². The normalized spacial score (nSPS) is 17.3. The molecule has 2 atom stereocenters. The van der Waals surface area contributed by atoms with Gasteiger partial charge in [-0.1, -0.05) is 0 Å². The number of nitrogens with two attached hydrogens (primary N) is 1. The lowest BCUT2D eigenvalue weighted by Crippen LogP contribution is -2.52. The highest BCUT2D eigenvalue weighted by Gasteiger charge is 2.37. The van der Waals surface area contributed by atoms with E-state index in [4.69, 9.17) is 10.2 Å². The van der Waals surface area contributed by atoms with Gasteiger partial charge in [-0.3, -0.25) is 14.4 Å². The molecular weight excluding hydrogens is 433 g/mol. The van der Waals surface area contributed by atoms with Gasteiger partial charge in [0.25, 0.3) is 0 Å². The topological polar surface area (TPSA) is 135 Å². The average molecular weight is 454 g/mol. The summed E-state index contributed by atoms with van der Waals surface area (Å²) in [5.74, 6) is -1.52. The summed E-state index contributed by atoms with van der Waals surface area (Å²) in [6.45, 7) is 1.50. The molecule has 1 saturated heterocycles. The molecule has 2 aromatic rings. The third-order valence-corrected chi connectivity index (χ3v) is 5.09. The lowest BCUT2D eigenvalue weighted by molar-refractivity contribution is -0.139. The molecule has 1 aromatic heterocycles. The molecule has 2 heterocycles. The van der Waals surface area contributed by atoms with Crippen molar-refractivity contribution in [1.29, 1.82) is 0 Å². The summed E-state index contributed by atoms with van der Waals surface area (Å²) in [6, 6.07) is 2.13. The first-order chi connectivity index (χ1) is 15.0. The number of alkyl halides is 3. The van der Waals surface area contributed by atoms with E-state index in [0.717, 1.165) is 12.1 Å². The fraction of sp³-hybridized carbons (Fsp3) is 0.400. The van der Waals surface area contributed by atoms with Crippen LogP contribution in [0, 0.1) is 0 Å². The van der Waals surface area contributed by atoms with Crippen LogP contribution in [-0.4, -0.2) is 47.8 Å². The van der Waals surface area contributed by atoms with E-state index in [-0.39, 0.29) is 23.2 Å². The monoisotopic (exact) mass is 454 g/mol. The van der Waals surface area contributed by atoms with Gasteiger partial charge in [-0.05, 0) is 31.9 Å². The maximum Gasteiger partial charge on any atom is 0.417 e. The maximum atomic E-state index is 13.2. The molecule has 1 aliphatic rings. The van der Waals surface area contributed by atoms with E-state index < -0.39 is 47.2 Å². The fourth-order valence-electron chi connectivity index (χ4n) is 3.61. The number of hydrogen-bond acceptors (Lipinski definition) is 6. The molecule has 1 aliphatic heterocycles. The number of benzene rings is 1. The average Bonchev–Trinajstić information content (AvgIpc) is 3.21. The van der Waals surface area contributed by atoms with Crippen molar-refractivity contribution in [3.63, 3.8) is 0 Å². The molecule has 32 heavy (non-hydrogen) atoms. The summed E-state index contributed by atoms with van der Waals surface area (Å²) in [5.41, 5.74) is 2.69. The number of rotatable bonds is 5. The number of halogens is 3. The van der Waals surface area contributed by atoms with Gasteiger partial charge >= 0.3 is 11.8 Å². The minimum atomic E-state index is -4.75. The third-order valence-electron chi connectivity index (χ3n) is 5.09. The zero-order chi connectivity index (χ0) is 23.6. The Labute approximate surface area is 179 Å². The van der Waals surface area contributed by atoms with Crippen molar-refractivity contribution in [3.05, 3.63) is 40.2 Å². The van der Waals surface area contributed by atoms with Gasteiger partial charge in [-0.25, -0.2) is 4.79 Å². The van der Waals surface area contributed by atoms with E-state index in [1.807, 2.05) is 0 Å². The molecule has 0 spiro atoms. The second kappa shape index (κ2) is 8.99. The van der Waals surface area contributed by atoms with Crippen molar-refractivity contribution < 1.29 is 32.0 Å². The van der Waals surface area contributed by atoms with Crippen molar-refractivity contribution >= 4 is 34.4 Å². The Balaban J connectivity index is 1.79. The summed E-state index contributed by atoms with van der Waals surface area (Å²) in [7, 11) is 0. The zero-order valence-electron chi connectivity index (χ0n) is 17.0. The summed E-state index contributed by atoms with van der Waals surface area (Å²) < 4.78 is 44.4. The number of nitrogens with one attached hydrogen (secondary N) is 2. The Morgan fingerprint density at radius 3 is 2.66 bits per heavy atom. The highest BCUT2D eigenvalue weighted by Crippen LogP contribution is 2.34. The van der Waals surface area contributed by atoms with Crippen molar-refractivity contribution in [3.8, 4) is 0 Å². The first-order valence-electron chi connectivity index (χ1n) is 9.77. The van der Waals surface area contributed by atoms with E-state index in [0.29, 0.717) is 25.5 Å². The van der Waals surface area contributed by atoms with Crippen LogP contribution in [0.15, 0.2) is 33.5 Å². The molecule has 172 valence electrons. The SMILES string of the molecule is C[C@H](NC(=O)CN)C(=O)N1CCC[C@H]1C(=O)Nc1ccc2c(C(F)(F)F)cc(=O)oc2c1. The van der Waals surface area contributed by atoms with Crippen molar-refractivity contribution in [2.75, 3.05) is 18.4 Å². The Morgan fingerprint density at radius 2 is 2.00 bits per heavy atom. The van der Waals surface area contributed by atoms with E-state index in [9.17, 15) is 32.3 Å². The Morgan fingerprint density at radius 1 is 1.28 bits per heavy atom. The van der Waals surface area contributed by atoms with Gasteiger partial charge in [-0.2, -0.15) is 13.2 Å². The molecule has 0 bridgehead atoms. The second-order valence-electron chi connectivity index (χ2n) is 7.36. The predicted octanol–water partition coefficient (Wildman–Crippen LogP) is 1.20. The number of amides is 3. The maximum absolute atomic E-state index is 13.2. The smallest absolute Gasteiger partial charge is 0.417 e. The lowest BCUT2D eigenvalue weighted by Gasteiger charge is -2.27. The van der Waals surface area contributed by atoms with E-state index >= 15 is 0 Å². The number of likely N-dealkylation sites (tertiary alicyclic amines) is 1. The largest absolute Gasteiger partial charge is 0.423 e. The standard InChI is InChI=1S/C20H21F3N4O5/c1-10(25-16(28)9-24)19(31)27-6-2-3-14(27)18(30)26-11-4-5-12-13(20(21,22)23)8-17(29)32-15(12)7-11/h4-5,7-8,10,14H,2-3,6,9,24H2,1H3,(H,25,28)(H,26,30)/t10-,14-/m0/s1. The van der Waals surface area contributed by atoms with Crippen LogP contribution in [0.5, 0.6) is 0 Å². The van der Waals surface area contributed by atoms with Gasteiger partial charge in [0.1, 0.15) is 17.7 Å². The molecule has 12 heteroatoms. The van der Waals surface area contributed by atoms with E-state index in [2.05, 4.69) is 10.6 Å². The molecule has 0 aliphatic carbocycles. The Kier molecular flexibility index (Phi) is 6.53. The summed E-state index contributed by atoms with van der Waals surface area (Å²) >= 11 is 0. The second-order valence-corrected chi connectivity index (χ2v) is 7.36. The molecule has 1 aromatic carbocycles. The van der Waals surface area contributed by atoms with Gasteiger partial charge in [-0.15, -0.1) is 0 Å². The molecule has 3 amide bonds. The number of nitrogens with zero attached hydrogens (tertiary/aromatic N) is 1. The summed E-state index contributed by atoms with van der Waals surface area (Å²) in [5, 5.41) is 4.66. The Bertz CT molecular complexity index is 1110. The number of carbonyl (C=O) groups excluding carboxylic acids is 3. The molecule has 9 nitrogen and oxygen atoms in total. The number of fused-ring (bicyclic) bond motifs is 1. The Hall–Kier alpha value is -3.41. The van der Waals surface area contributed by atoms with Crippen LogP contribution in [0.1, 0.15) is 25.3 Å². The molecular formula is C20H21F3N4O5. The quantitative estimate of drug-likeness (QED) is 0.582. The zero-order valence-corrected chi connectivity index (χ0v) is 17.0. The van der Waals surface area contributed by atoms with Gasteiger partial charge < -0.3 is 25.7 Å². The molecule has 0 radical (unpaired) electrons. The minimum absolute atomic E-state index is 0.105. The van der Waals surface area contributed by atoms with Gasteiger partial charge in [0.2, 0.25) is 17.7 Å². The van der Waals surface area contributed by atoms with Crippen LogP contribution >= 0.6 is 0 Å². The first kappa shape index (κ1) is 23.3. The van der Waals surface area contributed by atoms with Crippen molar-refractivity contribution in [2.45, 2.75) is 38.0 Å². The summed E-state index contributed by atoms with van der Waals surface area (Å²) in [4.78, 5) is 49.7. The molecule has 0 saturated carbocycles. The van der Waals surface area contributed by atoms with E-state index in [1.54, 1.807) is 0 Å². The molecule has 3 rings (SSSR count). The van der Waals surface area contributed by atoms with E-state index in [1.165, 1.54) is 17.9 Å².